The lowest BCUT2D eigenvalue weighted by Crippen LogP contribution is -2.51. The van der Waals surface area contributed by atoms with Crippen molar-refractivity contribution in [3.8, 4) is 0 Å². The van der Waals surface area contributed by atoms with Gasteiger partial charge in [-0.15, -0.1) is 0 Å². The fourth-order valence-electron chi connectivity index (χ4n) is 3.24. The summed E-state index contributed by atoms with van der Waals surface area (Å²) in [7, 11) is -2.47. The summed E-state index contributed by atoms with van der Waals surface area (Å²) in [6, 6.07) is 0. The van der Waals surface area contributed by atoms with E-state index < -0.39 is 8.80 Å². The molecule has 17 heavy (non-hydrogen) atoms. The van der Waals surface area contributed by atoms with Crippen LogP contribution in [0.3, 0.4) is 0 Å². The van der Waals surface area contributed by atoms with Crippen LogP contribution >= 0.6 is 0 Å². The predicted octanol–water partition coefficient (Wildman–Crippen LogP) is 3.00. The molecule has 2 bridgehead atoms. The van der Waals surface area contributed by atoms with Crippen LogP contribution in [-0.4, -0.2) is 28.6 Å². The predicted molar refractivity (Wildman–Crippen MR) is 69.7 cm³/mol. The number of allylic oxidation sites excluding steroid dienone is 2. The van der Waals surface area contributed by atoms with Crippen molar-refractivity contribution in [2.75, 3.05) is 19.8 Å². The molecule has 0 aromatic carbocycles. The molecule has 0 aliphatic heterocycles. The van der Waals surface area contributed by atoms with Gasteiger partial charge in [0.15, 0.2) is 0 Å². The van der Waals surface area contributed by atoms with Crippen molar-refractivity contribution in [1.29, 1.82) is 0 Å². The molecule has 2 aliphatic carbocycles. The molecule has 0 saturated heterocycles. The largest absolute Gasteiger partial charge is 0.504 e. The molecule has 4 heteroatoms. The van der Waals surface area contributed by atoms with Gasteiger partial charge in [-0.05, 0) is 45.4 Å². The maximum absolute atomic E-state index is 6.01. The average Bonchev–Trinajstić information content (AvgIpc) is 2.91. The third-order valence-corrected chi connectivity index (χ3v) is 7.41. The van der Waals surface area contributed by atoms with E-state index in [9.17, 15) is 0 Å². The van der Waals surface area contributed by atoms with Crippen LogP contribution < -0.4 is 0 Å². The quantitative estimate of drug-likeness (QED) is 0.518. The van der Waals surface area contributed by atoms with Crippen LogP contribution in [0.1, 0.15) is 33.6 Å². The lowest BCUT2D eigenvalue weighted by atomic mass is 10.1. The van der Waals surface area contributed by atoms with Gasteiger partial charge >= 0.3 is 8.80 Å². The second-order valence-corrected chi connectivity index (χ2v) is 7.60. The monoisotopic (exact) mass is 256 g/mol. The lowest BCUT2D eigenvalue weighted by Gasteiger charge is -2.36. The zero-order chi connectivity index (χ0) is 12.3. The van der Waals surface area contributed by atoms with Crippen molar-refractivity contribution in [1.82, 2.24) is 0 Å². The molecule has 0 aromatic heterocycles. The van der Waals surface area contributed by atoms with Gasteiger partial charge in [-0.3, -0.25) is 0 Å². The molecule has 2 aliphatic rings. The first-order chi connectivity index (χ1) is 8.25. The fraction of sp³-hybridized carbons (Fsp3) is 0.846. The zero-order valence-corrected chi connectivity index (χ0v) is 12.1. The molecule has 0 N–H and O–H groups in total. The minimum atomic E-state index is -2.47. The van der Waals surface area contributed by atoms with Crippen LogP contribution in [0.15, 0.2) is 12.2 Å². The Bertz CT molecular complexity index is 263. The first kappa shape index (κ1) is 13.3. The summed E-state index contributed by atoms with van der Waals surface area (Å²) in [5.74, 6) is 1.36. The molecule has 3 atom stereocenters. The molecule has 0 radical (unpaired) electrons. The average molecular weight is 256 g/mol. The smallest absolute Gasteiger partial charge is 0.374 e. The van der Waals surface area contributed by atoms with Crippen molar-refractivity contribution in [2.24, 2.45) is 11.8 Å². The number of fused-ring (bicyclic) bond motifs is 2. The van der Waals surface area contributed by atoms with Gasteiger partial charge in [-0.1, -0.05) is 12.2 Å². The highest BCUT2D eigenvalue weighted by atomic mass is 28.4. The van der Waals surface area contributed by atoms with Crippen LogP contribution in [-0.2, 0) is 13.3 Å². The van der Waals surface area contributed by atoms with E-state index in [4.69, 9.17) is 13.3 Å². The van der Waals surface area contributed by atoms with Crippen LogP contribution in [0.25, 0.3) is 0 Å². The van der Waals surface area contributed by atoms with Gasteiger partial charge in [-0.25, -0.2) is 0 Å². The topological polar surface area (TPSA) is 27.7 Å². The molecule has 3 nitrogen and oxygen atoms in total. The van der Waals surface area contributed by atoms with Crippen molar-refractivity contribution in [2.45, 2.75) is 39.2 Å². The second kappa shape index (κ2) is 5.65. The molecule has 0 spiro atoms. The third kappa shape index (κ3) is 2.50. The second-order valence-electron chi connectivity index (χ2n) is 4.79. The molecule has 3 unspecified atom stereocenters. The van der Waals surface area contributed by atoms with Gasteiger partial charge in [0.05, 0.1) is 0 Å². The molecule has 0 aromatic rings. The van der Waals surface area contributed by atoms with Crippen molar-refractivity contribution in [3.05, 3.63) is 12.2 Å². The summed E-state index contributed by atoms with van der Waals surface area (Å²) in [5.41, 5.74) is 0.484. The lowest BCUT2D eigenvalue weighted by molar-refractivity contribution is 0.0578. The summed E-state index contributed by atoms with van der Waals surface area (Å²) in [6.07, 6.45) is 7.15. The molecular formula is C13H24O3Si. The Balaban J connectivity index is 2.15. The number of rotatable bonds is 7. The molecule has 98 valence electrons. The van der Waals surface area contributed by atoms with Gasteiger partial charge in [0.1, 0.15) is 0 Å². The SMILES string of the molecule is CCO[Si](OCC)(OCC)C1CC2C=CC1C2. The van der Waals surface area contributed by atoms with Crippen molar-refractivity contribution >= 4 is 8.80 Å². The first-order valence-electron chi connectivity index (χ1n) is 6.85. The molecule has 0 heterocycles. The van der Waals surface area contributed by atoms with Gasteiger partial charge in [0.2, 0.25) is 0 Å². The van der Waals surface area contributed by atoms with E-state index >= 15 is 0 Å². The summed E-state index contributed by atoms with van der Waals surface area (Å²) < 4.78 is 18.0. The first-order valence-corrected chi connectivity index (χ1v) is 8.66. The minimum Gasteiger partial charge on any atom is -0.374 e. The van der Waals surface area contributed by atoms with Gasteiger partial charge in [-0.2, -0.15) is 0 Å². The molecule has 1 saturated carbocycles. The van der Waals surface area contributed by atoms with Crippen LogP contribution in [0.4, 0.5) is 0 Å². The summed E-state index contributed by atoms with van der Waals surface area (Å²) >= 11 is 0. The summed E-state index contributed by atoms with van der Waals surface area (Å²) in [6.45, 7) is 8.14. The number of hydrogen-bond acceptors (Lipinski definition) is 3. The van der Waals surface area contributed by atoms with Crippen molar-refractivity contribution in [3.63, 3.8) is 0 Å². The molecule has 1 fully saturated rings. The maximum atomic E-state index is 6.01. The van der Waals surface area contributed by atoms with Gasteiger partial charge in [0.25, 0.3) is 0 Å². The fourth-order valence-corrected chi connectivity index (χ4v) is 6.70. The Morgan fingerprint density at radius 3 is 1.88 bits per heavy atom. The highest BCUT2D eigenvalue weighted by Gasteiger charge is 2.56. The molecular weight excluding hydrogens is 232 g/mol. The minimum absolute atomic E-state index is 0.484. The van der Waals surface area contributed by atoms with Gasteiger partial charge < -0.3 is 13.3 Å². The van der Waals surface area contributed by atoms with Crippen LogP contribution in [0.2, 0.25) is 5.54 Å². The van der Waals surface area contributed by atoms with Crippen molar-refractivity contribution < 1.29 is 13.3 Å². The summed E-state index contributed by atoms with van der Waals surface area (Å²) in [4.78, 5) is 0. The van der Waals surface area contributed by atoms with E-state index in [1.165, 1.54) is 12.8 Å². The highest BCUT2D eigenvalue weighted by Crippen LogP contribution is 2.52. The molecule has 2 rings (SSSR count). The van der Waals surface area contributed by atoms with E-state index in [2.05, 4.69) is 12.2 Å². The normalized spacial score (nSPS) is 31.4. The molecule has 0 amide bonds. The third-order valence-electron chi connectivity index (χ3n) is 3.77. The standard InChI is InChI=1S/C13H24O3Si/c1-4-14-17(15-5-2,16-6-3)13-10-11-7-8-12(13)9-11/h7-8,11-13H,4-6,9-10H2,1-3H3. The summed E-state index contributed by atoms with van der Waals surface area (Å²) in [5, 5.41) is 0. The van der Waals surface area contributed by atoms with Gasteiger partial charge in [0, 0.05) is 25.4 Å². The Kier molecular flexibility index (Phi) is 4.41. The van der Waals surface area contributed by atoms with E-state index in [0.717, 1.165) is 5.92 Å². The Labute approximate surface area is 106 Å². The Hall–Kier alpha value is -0.163. The maximum Gasteiger partial charge on any atom is 0.504 e. The van der Waals surface area contributed by atoms with E-state index in [1.807, 2.05) is 20.8 Å². The van der Waals surface area contributed by atoms with E-state index in [1.54, 1.807) is 0 Å². The van der Waals surface area contributed by atoms with E-state index in [-0.39, 0.29) is 0 Å². The van der Waals surface area contributed by atoms with Crippen LogP contribution in [0, 0.1) is 11.8 Å². The number of hydrogen-bond donors (Lipinski definition) is 0. The Morgan fingerprint density at radius 1 is 0.941 bits per heavy atom. The Morgan fingerprint density at radius 2 is 1.53 bits per heavy atom. The van der Waals surface area contributed by atoms with Crippen LogP contribution in [0.5, 0.6) is 0 Å². The zero-order valence-electron chi connectivity index (χ0n) is 11.1. The van der Waals surface area contributed by atoms with E-state index in [0.29, 0.717) is 31.3 Å². The highest BCUT2D eigenvalue weighted by molar-refractivity contribution is 6.62.